The van der Waals surface area contributed by atoms with Crippen LogP contribution in [0.1, 0.15) is 12.5 Å². The van der Waals surface area contributed by atoms with Crippen molar-refractivity contribution in [3.05, 3.63) is 29.0 Å². The van der Waals surface area contributed by atoms with Crippen LogP contribution in [-0.2, 0) is 6.54 Å². The minimum atomic E-state index is 0.562. The second kappa shape index (κ2) is 4.92. The molecule has 1 aromatic rings. The number of nitrogens with zero attached hydrogens (tertiary/aromatic N) is 2. The van der Waals surface area contributed by atoms with Crippen LogP contribution >= 0.6 is 11.6 Å². The van der Waals surface area contributed by atoms with Gasteiger partial charge in [0.1, 0.15) is 5.15 Å². The summed E-state index contributed by atoms with van der Waals surface area (Å²) < 4.78 is 0. The van der Waals surface area contributed by atoms with Crippen LogP contribution in [0.4, 0.5) is 0 Å². The molecule has 0 spiro atoms. The van der Waals surface area contributed by atoms with Crippen LogP contribution in [0.15, 0.2) is 18.3 Å². The Morgan fingerprint density at radius 3 is 3.13 bits per heavy atom. The smallest absolute Gasteiger partial charge is 0.129 e. The van der Waals surface area contributed by atoms with Gasteiger partial charge in [0.2, 0.25) is 0 Å². The molecule has 1 aliphatic heterocycles. The average molecular weight is 226 g/mol. The Balaban J connectivity index is 1.93. The molecule has 0 aliphatic carbocycles. The molecule has 1 aromatic heterocycles. The number of piperazine rings is 1. The molecule has 1 fully saturated rings. The van der Waals surface area contributed by atoms with Crippen LogP contribution in [0.3, 0.4) is 0 Å². The normalized spacial score (nSPS) is 22.9. The minimum absolute atomic E-state index is 0.562. The number of halogens is 1. The van der Waals surface area contributed by atoms with Gasteiger partial charge >= 0.3 is 0 Å². The fourth-order valence-electron chi connectivity index (χ4n) is 1.91. The Morgan fingerprint density at radius 1 is 1.60 bits per heavy atom. The third kappa shape index (κ3) is 3.16. The Bertz CT molecular complexity index is 312. The van der Waals surface area contributed by atoms with Gasteiger partial charge in [0.15, 0.2) is 0 Å². The molecule has 15 heavy (non-hydrogen) atoms. The van der Waals surface area contributed by atoms with Gasteiger partial charge in [-0.15, -0.1) is 0 Å². The number of aromatic nitrogens is 1. The molecule has 1 aliphatic rings. The summed E-state index contributed by atoms with van der Waals surface area (Å²) in [4.78, 5) is 6.52. The Labute approximate surface area is 95.4 Å². The van der Waals surface area contributed by atoms with E-state index in [2.05, 4.69) is 22.1 Å². The Hall–Kier alpha value is -0.640. The van der Waals surface area contributed by atoms with E-state index in [1.165, 1.54) is 5.56 Å². The summed E-state index contributed by atoms with van der Waals surface area (Å²) in [6.07, 6.45) is 1.86. The molecule has 1 saturated heterocycles. The summed E-state index contributed by atoms with van der Waals surface area (Å²) in [7, 11) is 0. The topological polar surface area (TPSA) is 28.2 Å². The Kier molecular flexibility index (Phi) is 3.57. The van der Waals surface area contributed by atoms with Crippen molar-refractivity contribution in [1.82, 2.24) is 15.2 Å². The average Bonchev–Trinajstić information content (AvgIpc) is 2.22. The number of hydrogen-bond acceptors (Lipinski definition) is 3. The first-order valence-electron chi connectivity index (χ1n) is 5.30. The number of nitrogens with one attached hydrogen (secondary N) is 1. The van der Waals surface area contributed by atoms with Crippen molar-refractivity contribution in [2.75, 3.05) is 19.6 Å². The van der Waals surface area contributed by atoms with Gasteiger partial charge < -0.3 is 5.32 Å². The molecule has 1 N–H and O–H groups in total. The first-order valence-corrected chi connectivity index (χ1v) is 5.68. The van der Waals surface area contributed by atoms with E-state index in [0.29, 0.717) is 11.2 Å². The highest BCUT2D eigenvalue weighted by atomic mass is 35.5. The van der Waals surface area contributed by atoms with Gasteiger partial charge in [-0.2, -0.15) is 0 Å². The molecular weight excluding hydrogens is 210 g/mol. The molecule has 0 bridgehead atoms. The predicted molar refractivity (Wildman–Crippen MR) is 62.0 cm³/mol. The fraction of sp³-hybridized carbons (Fsp3) is 0.545. The molecule has 0 amide bonds. The summed E-state index contributed by atoms with van der Waals surface area (Å²) in [6.45, 7) is 6.46. The van der Waals surface area contributed by atoms with E-state index >= 15 is 0 Å². The van der Waals surface area contributed by atoms with Crippen molar-refractivity contribution in [2.45, 2.75) is 19.5 Å². The van der Waals surface area contributed by atoms with Crippen molar-refractivity contribution in [3.63, 3.8) is 0 Å². The van der Waals surface area contributed by atoms with E-state index in [0.717, 1.165) is 26.2 Å². The molecular formula is C11H16ClN3. The monoisotopic (exact) mass is 225 g/mol. The van der Waals surface area contributed by atoms with Crippen LogP contribution in [0.2, 0.25) is 5.15 Å². The van der Waals surface area contributed by atoms with E-state index in [1.54, 1.807) is 0 Å². The van der Waals surface area contributed by atoms with Crippen molar-refractivity contribution in [1.29, 1.82) is 0 Å². The lowest BCUT2D eigenvalue weighted by molar-refractivity contribution is 0.199. The van der Waals surface area contributed by atoms with Crippen molar-refractivity contribution >= 4 is 11.6 Å². The van der Waals surface area contributed by atoms with Crippen LogP contribution in [0, 0.1) is 0 Å². The van der Waals surface area contributed by atoms with Crippen molar-refractivity contribution in [2.24, 2.45) is 0 Å². The maximum atomic E-state index is 5.74. The molecule has 0 aromatic carbocycles. The third-order valence-electron chi connectivity index (χ3n) is 2.65. The van der Waals surface area contributed by atoms with Crippen molar-refractivity contribution < 1.29 is 0 Å². The van der Waals surface area contributed by atoms with E-state index in [9.17, 15) is 0 Å². The van der Waals surface area contributed by atoms with Gasteiger partial charge in [-0.1, -0.05) is 17.7 Å². The minimum Gasteiger partial charge on any atom is -0.312 e. The van der Waals surface area contributed by atoms with Gasteiger partial charge in [0, 0.05) is 38.4 Å². The van der Waals surface area contributed by atoms with Crippen LogP contribution in [0.25, 0.3) is 0 Å². The molecule has 1 atom stereocenters. The van der Waals surface area contributed by atoms with Gasteiger partial charge in [-0.05, 0) is 18.6 Å². The lowest BCUT2D eigenvalue weighted by Crippen LogP contribution is -2.48. The molecule has 4 heteroatoms. The lowest BCUT2D eigenvalue weighted by Gasteiger charge is -2.31. The zero-order chi connectivity index (χ0) is 10.7. The SMILES string of the molecule is CC1CN(Cc2ccc(Cl)nc2)CCN1. The summed E-state index contributed by atoms with van der Waals surface area (Å²) >= 11 is 5.74. The number of rotatable bonds is 2. The van der Waals surface area contributed by atoms with Gasteiger partial charge in [0.25, 0.3) is 0 Å². The Morgan fingerprint density at radius 2 is 2.47 bits per heavy atom. The quantitative estimate of drug-likeness (QED) is 0.774. The van der Waals surface area contributed by atoms with Gasteiger partial charge in [-0.3, -0.25) is 4.90 Å². The molecule has 1 unspecified atom stereocenters. The second-order valence-electron chi connectivity index (χ2n) is 4.08. The highest BCUT2D eigenvalue weighted by molar-refractivity contribution is 6.29. The van der Waals surface area contributed by atoms with Gasteiger partial charge in [0.05, 0.1) is 0 Å². The molecule has 3 nitrogen and oxygen atoms in total. The second-order valence-corrected chi connectivity index (χ2v) is 4.47. The van der Waals surface area contributed by atoms with E-state index in [1.807, 2.05) is 18.3 Å². The maximum absolute atomic E-state index is 5.74. The summed E-state index contributed by atoms with van der Waals surface area (Å²) in [6, 6.07) is 4.48. The maximum Gasteiger partial charge on any atom is 0.129 e. The third-order valence-corrected chi connectivity index (χ3v) is 2.87. The van der Waals surface area contributed by atoms with E-state index < -0.39 is 0 Å². The highest BCUT2D eigenvalue weighted by Gasteiger charge is 2.15. The molecule has 0 saturated carbocycles. The van der Waals surface area contributed by atoms with Gasteiger partial charge in [-0.25, -0.2) is 4.98 Å². The first-order chi connectivity index (χ1) is 7.24. The highest BCUT2D eigenvalue weighted by Crippen LogP contribution is 2.09. The summed E-state index contributed by atoms with van der Waals surface area (Å²) in [5.41, 5.74) is 1.23. The number of pyridine rings is 1. The summed E-state index contributed by atoms with van der Waals surface area (Å²) in [5, 5.41) is 3.99. The standard InChI is InChI=1S/C11H16ClN3/c1-9-7-15(5-4-13-9)8-10-2-3-11(12)14-6-10/h2-3,6,9,13H,4-5,7-8H2,1H3. The van der Waals surface area contributed by atoms with Crippen LogP contribution in [0.5, 0.6) is 0 Å². The molecule has 82 valence electrons. The largest absolute Gasteiger partial charge is 0.312 e. The summed E-state index contributed by atoms with van der Waals surface area (Å²) in [5.74, 6) is 0. The van der Waals surface area contributed by atoms with E-state index in [-0.39, 0.29) is 0 Å². The van der Waals surface area contributed by atoms with E-state index in [4.69, 9.17) is 11.6 Å². The lowest BCUT2D eigenvalue weighted by atomic mass is 10.2. The zero-order valence-electron chi connectivity index (χ0n) is 8.91. The molecule has 2 heterocycles. The van der Waals surface area contributed by atoms with Crippen molar-refractivity contribution in [3.8, 4) is 0 Å². The fourth-order valence-corrected chi connectivity index (χ4v) is 2.03. The first kappa shape index (κ1) is 10.9. The van der Waals surface area contributed by atoms with Crippen LogP contribution < -0.4 is 5.32 Å². The van der Waals surface area contributed by atoms with Crippen LogP contribution in [-0.4, -0.2) is 35.6 Å². The molecule has 2 rings (SSSR count). The predicted octanol–water partition coefficient (Wildman–Crippen LogP) is 1.53. The zero-order valence-corrected chi connectivity index (χ0v) is 9.67. The molecule has 0 radical (unpaired) electrons. The number of hydrogen-bond donors (Lipinski definition) is 1.